The van der Waals surface area contributed by atoms with Gasteiger partial charge in [-0.05, 0) is 38.1 Å². The zero-order valence-corrected chi connectivity index (χ0v) is 16.8. The minimum Gasteiger partial charge on any atom is -0.490 e. The van der Waals surface area contributed by atoms with Crippen molar-refractivity contribution in [1.82, 2.24) is 9.88 Å². The number of hydrogen-bond acceptors (Lipinski definition) is 6. The van der Waals surface area contributed by atoms with E-state index >= 15 is 0 Å². The Hall–Kier alpha value is -3.29. The summed E-state index contributed by atoms with van der Waals surface area (Å²) in [5.41, 5.74) is 0.488. The van der Waals surface area contributed by atoms with Crippen LogP contribution in [0.5, 0.6) is 11.5 Å². The van der Waals surface area contributed by atoms with Crippen LogP contribution in [0.4, 0.5) is 11.5 Å². The van der Waals surface area contributed by atoms with Gasteiger partial charge in [0.15, 0.2) is 11.5 Å². The van der Waals surface area contributed by atoms with Crippen molar-refractivity contribution in [3.8, 4) is 11.5 Å². The molecule has 1 fully saturated rings. The highest BCUT2D eigenvalue weighted by Gasteiger charge is 2.26. The number of amides is 2. The first-order valence-electron chi connectivity index (χ1n) is 9.78. The van der Waals surface area contributed by atoms with Gasteiger partial charge in [-0.3, -0.25) is 9.59 Å². The van der Waals surface area contributed by atoms with Gasteiger partial charge in [0.1, 0.15) is 5.82 Å². The third-order valence-corrected chi connectivity index (χ3v) is 4.54. The van der Waals surface area contributed by atoms with Crippen molar-refractivity contribution in [2.75, 3.05) is 49.6 Å². The van der Waals surface area contributed by atoms with Crippen molar-refractivity contribution in [2.45, 2.75) is 13.8 Å². The van der Waals surface area contributed by atoms with E-state index in [2.05, 4.69) is 15.2 Å². The van der Waals surface area contributed by atoms with Crippen molar-refractivity contribution in [3.05, 3.63) is 42.6 Å². The molecule has 8 nitrogen and oxygen atoms in total. The molecule has 1 aromatic heterocycles. The molecule has 0 aliphatic carbocycles. The topological polar surface area (TPSA) is 84.0 Å². The van der Waals surface area contributed by atoms with E-state index in [9.17, 15) is 9.59 Å². The molecule has 29 heavy (non-hydrogen) atoms. The Morgan fingerprint density at radius 2 is 1.72 bits per heavy atom. The quantitative estimate of drug-likeness (QED) is 0.751. The molecular weight excluding hydrogens is 372 g/mol. The van der Waals surface area contributed by atoms with Crippen molar-refractivity contribution >= 4 is 23.3 Å². The molecule has 1 saturated heterocycles. The fourth-order valence-corrected chi connectivity index (χ4v) is 3.14. The van der Waals surface area contributed by atoms with Gasteiger partial charge < -0.3 is 24.6 Å². The number of rotatable bonds is 6. The number of benzene rings is 1. The molecule has 1 aliphatic rings. The molecule has 154 valence electrons. The number of nitrogens with zero attached hydrogens (tertiary/aromatic N) is 3. The van der Waals surface area contributed by atoms with Gasteiger partial charge in [0.2, 0.25) is 0 Å². The van der Waals surface area contributed by atoms with Crippen LogP contribution in [0, 0.1) is 0 Å². The fourth-order valence-electron chi connectivity index (χ4n) is 3.14. The maximum Gasteiger partial charge on any atom is 0.313 e. The predicted molar refractivity (Wildman–Crippen MR) is 110 cm³/mol. The number of carbonyl (C=O) groups is 2. The molecule has 1 aromatic carbocycles. The smallest absolute Gasteiger partial charge is 0.313 e. The molecule has 3 rings (SSSR count). The van der Waals surface area contributed by atoms with Crippen LogP contribution >= 0.6 is 0 Å². The van der Waals surface area contributed by atoms with Gasteiger partial charge in [0, 0.05) is 44.1 Å². The number of piperazine rings is 1. The van der Waals surface area contributed by atoms with E-state index in [1.54, 1.807) is 29.3 Å². The lowest BCUT2D eigenvalue weighted by molar-refractivity contribution is -0.143. The molecular formula is C21H26N4O4. The second-order valence-corrected chi connectivity index (χ2v) is 6.45. The highest BCUT2D eigenvalue weighted by atomic mass is 16.5. The normalized spacial score (nSPS) is 13.7. The number of carbonyl (C=O) groups excluding carboxylic acids is 2. The first-order chi connectivity index (χ1) is 14.1. The first-order valence-corrected chi connectivity index (χ1v) is 9.78. The van der Waals surface area contributed by atoms with Crippen LogP contribution in [0.2, 0.25) is 0 Å². The van der Waals surface area contributed by atoms with Crippen molar-refractivity contribution < 1.29 is 19.1 Å². The number of ether oxygens (including phenoxy) is 2. The van der Waals surface area contributed by atoms with Crippen LogP contribution in [-0.4, -0.2) is 61.1 Å². The predicted octanol–water partition coefficient (Wildman–Crippen LogP) is 2.17. The summed E-state index contributed by atoms with van der Waals surface area (Å²) in [6.07, 6.45) is 1.74. The molecule has 0 saturated carbocycles. The highest BCUT2D eigenvalue weighted by molar-refractivity contribution is 6.39. The van der Waals surface area contributed by atoms with Gasteiger partial charge >= 0.3 is 11.8 Å². The number of anilines is 2. The Labute approximate surface area is 170 Å². The monoisotopic (exact) mass is 398 g/mol. The van der Waals surface area contributed by atoms with Crippen molar-refractivity contribution in [3.63, 3.8) is 0 Å². The zero-order valence-electron chi connectivity index (χ0n) is 16.8. The molecule has 2 heterocycles. The van der Waals surface area contributed by atoms with Gasteiger partial charge in [0.25, 0.3) is 0 Å². The first kappa shape index (κ1) is 20.4. The van der Waals surface area contributed by atoms with Crippen LogP contribution < -0.4 is 19.7 Å². The Balaban J connectivity index is 1.58. The lowest BCUT2D eigenvalue weighted by Crippen LogP contribution is -2.51. The minimum atomic E-state index is -0.664. The average Bonchev–Trinajstić information content (AvgIpc) is 2.76. The van der Waals surface area contributed by atoms with E-state index in [0.29, 0.717) is 56.6 Å². The summed E-state index contributed by atoms with van der Waals surface area (Å²) in [7, 11) is 0. The minimum absolute atomic E-state index is 0.469. The average molecular weight is 398 g/mol. The summed E-state index contributed by atoms with van der Waals surface area (Å²) in [6.45, 7) is 6.94. The van der Waals surface area contributed by atoms with Crippen LogP contribution in [0.1, 0.15) is 13.8 Å². The Bertz CT molecular complexity index is 836. The molecule has 1 N–H and O–H groups in total. The number of pyridine rings is 1. The molecule has 0 radical (unpaired) electrons. The lowest BCUT2D eigenvalue weighted by Gasteiger charge is -2.35. The molecule has 0 unspecified atom stereocenters. The highest BCUT2D eigenvalue weighted by Crippen LogP contribution is 2.30. The fraction of sp³-hybridized carbons (Fsp3) is 0.381. The molecule has 1 aliphatic heterocycles. The molecule has 8 heteroatoms. The molecule has 0 bridgehead atoms. The van der Waals surface area contributed by atoms with E-state index in [1.165, 1.54) is 0 Å². The standard InChI is InChI=1S/C21H26N4O4/c1-3-28-17-9-8-16(15-18(17)29-4-2)23-20(26)21(27)25-13-11-24(12-14-25)19-7-5-6-10-22-19/h5-10,15H,3-4,11-14H2,1-2H3,(H,23,26). The Kier molecular flexibility index (Phi) is 6.89. The van der Waals surface area contributed by atoms with Crippen LogP contribution in [0.25, 0.3) is 0 Å². The van der Waals surface area contributed by atoms with Crippen LogP contribution in [-0.2, 0) is 9.59 Å². The second kappa shape index (κ2) is 9.77. The van der Waals surface area contributed by atoms with Crippen molar-refractivity contribution in [1.29, 1.82) is 0 Å². The second-order valence-electron chi connectivity index (χ2n) is 6.45. The van der Waals surface area contributed by atoms with Gasteiger partial charge in [0.05, 0.1) is 13.2 Å². The largest absolute Gasteiger partial charge is 0.490 e. The lowest BCUT2D eigenvalue weighted by atomic mass is 10.2. The summed E-state index contributed by atoms with van der Waals surface area (Å²) in [5, 5.41) is 2.66. The van der Waals surface area contributed by atoms with Crippen LogP contribution in [0.15, 0.2) is 42.6 Å². The van der Waals surface area contributed by atoms with Gasteiger partial charge in [-0.15, -0.1) is 0 Å². The molecule has 0 atom stereocenters. The number of hydrogen-bond donors (Lipinski definition) is 1. The van der Waals surface area contributed by atoms with E-state index in [0.717, 1.165) is 5.82 Å². The molecule has 2 amide bonds. The van der Waals surface area contributed by atoms with E-state index in [4.69, 9.17) is 9.47 Å². The third-order valence-electron chi connectivity index (χ3n) is 4.54. The molecule has 2 aromatic rings. The maximum atomic E-state index is 12.5. The number of nitrogens with one attached hydrogen (secondary N) is 1. The van der Waals surface area contributed by atoms with Crippen LogP contribution in [0.3, 0.4) is 0 Å². The Morgan fingerprint density at radius 3 is 2.38 bits per heavy atom. The third kappa shape index (κ3) is 5.16. The summed E-state index contributed by atoms with van der Waals surface area (Å²) in [6, 6.07) is 10.8. The summed E-state index contributed by atoms with van der Waals surface area (Å²) >= 11 is 0. The summed E-state index contributed by atoms with van der Waals surface area (Å²) in [5.74, 6) is 0.801. The maximum absolute atomic E-state index is 12.5. The SMILES string of the molecule is CCOc1ccc(NC(=O)C(=O)N2CCN(c3ccccn3)CC2)cc1OCC. The Morgan fingerprint density at radius 1 is 1.00 bits per heavy atom. The number of aromatic nitrogens is 1. The van der Waals surface area contributed by atoms with Gasteiger partial charge in [-0.1, -0.05) is 6.07 Å². The molecule has 0 spiro atoms. The van der Waals surface area contributed by atoms with Gasteiger partial charge in [-0.25, -0.2) is 4.98 Å². The van der Waals surface area contributed by atoms with Crippen molar-refractivity contribution in [2.24, 2.45) is 0 Å². The van der Waals surface area contributed by atoms with E-state index < -0.39 is 11.8 Å². The summed E-state index contributed by atoms with van der Waals surface area (Å²) in [4.78, 5) is 33.0. The van der Waals surface area contributed by atoms with E-state index in [1.807, 2.05) is 32.0 Å². The van der Waals surface area contributed by atoms with Gasteiger partial charge in [-0.2, -0.15) is 0 Å². The zero-order chi connectivity index (χ0) is 20.6. The summed E-state index contributed by atoms with van der Waals surface area (Å²) < 4.78 is 11.1. The van der Waals surface area contributed by atoms with E-state index in [-0.39, 0.29) is 0 Å².